The molecule has 0 bridgehead atoms. The van der Waals surface area contributed by atoms with Crippen LogP contribution in [0.3, 0.4) is 0 Å². The van der Waals surface area contributed by atoms with Gasteiger partial charge in [-0.25, -0.2) is 4.57 Å². The number of phosphoric acid groups is 1. The molecule has 0 radical (unpaired) electrons. The minimum atomic E-state index is -3.75. The summed E-state index contributed by atoms with van der Waals surface area (Å²) in [5.74, 6) is 0. The van der Waals surface area contributed by atoms with Crippen molar-refractivity contribution in [1.82, 2.24) is 0 Å². The van der Waals surface area contributed by atoms with E-state index in [9.17, 15) is 19.9 Å². The van der Waals surface area contributed by atoms with Crippen LogP contribution in [0.2, 0.25) is 0 Å². The van der Waals surface area contributed by atoms with Crippen LogP contribution in [0.5, 0.6) is 0 Å². The second-order valence-corrected chi connectivity index (χ2v) is 6.00. The van der Waals surface area contributed by atoms with Gasteiger partial charge in [-0.1, -0.05) is 0 Å². The number of hydrogen-bond acceptors (Lipinski definition) is 9. The van der Waals surface area contributed by atoms with Crippen molar-refractivity contribution in [3.05, 3.63) is 0 Å². The maximum atomic E-state index is 12.1. The summed E-state index contributed by atoms with van der Waals surface area (Å²) in [6.45, 7) is 3.13. The molecule has 0 saturated carbocycles. The Morgan fingerprint density at radius 3 is 2.05 bits per heavy atom. The van der Waals surface area contributed by atoms with Crippen molar-refractivity contribution in [2.24, 2.45) is 0 Å². The van der Waals surface area contributed by atoms with Crippen LogP contribution in [-0.4, -0.2) is 73.0 Å². The van der Waals surface area contributed by atoms with E-state index in [0.717, 1.165) is 0 Å². The zero-order valence-corrected chi connectivity index (χ0v) is 13.1. The van der Waals surface area contributed by atoms with E-state index >= 15 is 0 Å². The summed E-state index contributed by atoms with van der Waals surface area (Å²) in [7, 11) is -2.47. The van der Waals surface area contributed by atoms with Crippen LogP contribution in [-0.2, 0) is 27.6 Å². The molecule has 1 aliphatic heterocycles. The molecule has 126 valence electrons. The van der Waals surface area contributed by atoms with Crippen molar-refractivity contribution in [2.75, 3.05) is 26.9 Å². The quantitative estimate of drug-likeness (QED) is 0.512. The topological polar surface area (TPSA) is 124 Å². The molecular formula is C11H23O9P. The van der Waals surface area contributed by atoms with E-state index in [1.165, 1.54) is 7.11 Å². The Kier molecular flexibility index (Phi) is 7.69. The fourth-order valence-electron chi connectivity index (χ4n) is 1.84. The zero-order chi connectivity index (χ0) is 16.0. The van der Waals surface area contributed by atoms with Gasteiger partial charge in [0, 0.05) is 7.11 Å². The summed E-state index contributed by atoms with van der Waals surface area (Å²) < 4.78 is 37.1. The van der Waals surface area contributed by atoms with Gasteiger partial charge in [-0.05, 0) is 13.8 Å². The number of hydrogen-bond donors (Lipinski definition) is 3. The normalized spacial score (nSPS) is 34.1. The molecule has 1 aliphatic rings. The molecule has 1 fully saturated rings. The van der Waals surface area contributed by atoms with Gasteiger partial charge < -0.3 is 24.8 Å². The van der Waals surface area contributed by atoms with Crippen molar-refractivity contribution in [3.8, 4) is 0 Å². The zero-order valence-electron chi connectivity index (χ0n) is 12.2. The van der Waals surface area contributed by atoms with Crippen LogP contribution in [0.15, 0.2) is 0 Å². The first-order valence-electron chi connectivity index (χ1n) is 6.64. The molecule has 9 nitrogen and oxygen atoms in total. The molecule has 1 rings (SSSR count). The van der Waals surface area contributed by atoms with Gasteiger partial charge in [-0.3, -0.25) is 13.6 Å². The van der Waals surface area contributed by atoms with E-state index in [1.807, 2.05) is 0 Å². The average molecular weight is 330 g/mol. The lowest BCUT2D eigenvalue weighted by Crippen LogP contribution is -2.59. The fourth-order valence-corrected chi connectivity index (χ4v) is 3.03. The summed E-state index contributed by atoms with van der Waals surface area (Å²) in [5, 5.41) is 29.2. The first kappa shape index (κ1) is 19.0. The highest BCUT2D eigenvalue weighted by Gasteiger charge is 2.45. The highest BCUT2D eigenvalue weighted by molar-refractivity contribution is 7.48. The predicted octanol–water partition coefficient (Wildman–Crippen LogP) is -0.362. The van der Waals surface area contributed by atoms with E-state index in [1.54, 1.807) is 13.8 Å². The van der Waals surface area contributed by atoms with Gasteiger partial charge in [0.1, 0.15) is 24.4 Å². The molecule has 3 N–H and O–H groups in total. The monoisotopic (exact) mass is 330 g/mol. The van der Waals surface area contributed by atoms with E-state index in [2.05, 4.69) is 0 Å². The fraction of sp³-hybridized carbons (Fsp3) is 1.00. The predicted molar refractivity (Wildman–Crippen MR) is 70.5 cm³/mol. The molecule has 0 aromatic rings. The van der Waals surface area contributed by atoms with Gasteiger partial charge in [-0.15, -0.1) is 0 Å². The van der Waals surface area contributed by atoms with Crippen LogP contribution in [0.25, 0.3) is 0 Å². The second-order valence-electron chi connectivity index (χ2n) is 4.33. The molecule has 0 amide bonds. The Balaban J connectivity index is 2.66. The SMILES string of the molecule is CCOP(=O)(OCC)OC[C@H]1O[C@H](OC)[C@@H](O)[C@@H](O)[C@@H]1O. The minimum absolute atomic E-state index is 0.118. The first-order valence-corrected chi connectivity index (χ1v) is 8.10. The number of phosphoric ester groups is 1. The average Bonchev–Trinajstić information content (AvgIpc) is 2.45. The Hall–Kier alpha value is -0.0900. The van der Waals surface area contributed by atoms with Crippen LogP contribution in [0, 0.1) is 0 Å². The molecule has 1 heterocycles. The number of rotatable bonds is 8. The molecule has 0 spiro atoms. The third kappa shape index (κ3) is 4.95. The van der Waals surface area contributed by atoms with Crippen molar-refractivity contribution in [2.45, 2.75) is 44.6 Å². The van der Waals surface area contributed by atoms with Gasteiger partial charge in [-0.2, -0.15) is 0 Å². The lowest BCUT2D eigenvalue weighted by molar-refractivity contribution is -0.293. The smallest absolute Gasteiger partial charge is 0.387 e. The third-order valence-corrected chi connectivity index (χ3v) is 4.49. The lowest BCUT2D eigenvalue weighted by atomic mass is 9.99. The van der Waals surface area contributed by atoms with E-state index in [4.69, 9.17) is 23.0 Å². The molecule has 1 saturated heterocycles. The Bertz CT molecular complexity index is 341. The summed E-state index contributed by atoms with van der Waals surface area (Å²) in [5.41, 5.74) is 0. The highest BCUT2D eigenvalue weighted by Crippen LogP contribution is 2.49. The van der Waals surface area contributed by atoms with Crippen molar-refractivity contribution >= 4 is 7.82 Å². The van der Waals surface area contributed by atoms with Gasteiger partial charge in [0.05, 0.1) is 19.8 Å². The second kappa shape index (κ2) is 8.52. The summed E-state index contributed by atoms with van der Waals surface area (Å²) in [6, 6.07) is 0. The molecule has 10 heteroatoms. The Labute approximate surface area is 123 Å². The standard InChI is InChI=1S/C11H23O9P/c1-4-17-21(15,18-5-2)19-6-7-8(12)9(13)10(14)11(16-3)20-7/h7-14H,4-6H2,1-3H3/t7-,8-,9+,10+,11+/m1/s1. The Morgan fingerprint density at radius 1 is 1.00 bits per heavy atom. The van der Waals surface area contributed by atoms with Gasteiger partial charge in [0.15, 0.2) is 6.29 Å². The maximum absolute atomic E-state index is 12.1. The summed E-state index contributed by atoms with van der Waals surface area (Å²) >= 11 is 0. The van der Waals surface area contributed by atoms with Crippen LogP contribution in [0.1, 0.15) is 13.8 Å². The first-order chi connectivity index (χ1) is 9.88. The number of methoxy groups -OCH3 is 1. The van der Waals surface area contributed by atoms with Gasteiger partial charge in [0.25, 0.3) is 0 Å². The Morgan fingerprint density at radius 2 is 1.57 bits per heavy atom. The van der Waals surface area contributed by atoms with Crippen molar-refractivity contribution < 1.29 is 42.9 Å². The highest BCUT2D eigenvalue weighted by atomic mass is 31.2. The molecule has 0 unspecified atom stereocenters. The number of aliphatic hydroxyl groups excluding tert-OH is 3. The third-order valence-electron chi connectivity index (χ3n) is 2.87. The minimum Gasteiger partial charge on any atom is -0.387 e. The van der Waals surface area contributed by atoms with Gasteiger partial charge in [0.2, 0.25) is 0 Å². The van der Waals surface area contributed by atoms with E-state index in [-0.39, 0.29) is 19.8 Å². The van der Waals surface area contributed by atoms with Crippen LogP contribution < -0.4 is 0 Å². The van der Waals surface area contributed by atoms with E-state index in [0.29, 0.717) is 0 Å². The molecule has 0 aromatic carbocycles. The van der Waals surface area contributed by atoms with Crippen molar-refractivity contribution in [1.29, 1.82) is 0 Å². The van der Waals surface area contributed by atoms with Crippen LogP contribution >= 0.6 is 7.82 Å². The maximum Gasteiger partial charge on any atom is 0.474 e. The van der Waals surface area contributed by atoms with Crippen LogP contribution in [0.4, 0.5) is 0 Å². The number of aliphatic hydroxyl groups is 3. The molecule has 0 aliphatic carbocycles. The molecule has 0 aromatic heterocycles. The molecule has 21 heavy (non-hydrogen) atoms. The molecule has 5 atom stereocenters. The van der Waals surface area contributed by atoms with E-state index < -0.39 is 38.5 Å². The van der Waals surface area contributed by atoms with Crippen molar-refractivity contribution in [3.63, 3.8) is 0 Å². The summed E-state index contributed by atoms with van der Waals surface area (Å²) in [4.78, 5) is 0. The number of ether oxygens (including phenoxy) is 2. The largest absolute Gasteiger partial charge is 0.474 e. The summed E-state index contributed by atoms with van der Waals surface area (Å²) in [6.07, 6.45) is -6.48. The lowest BCUT2D eigenvalue weighted by Gasteiger charge is -2.39. The van der Waals surface area contributed by atoms with Gasteiger partial charge >= 0.3 is 7.82 Å². The molecular weight excluding hydrogens is 307 g/mol.